The highest BCUT2D eigenvalue weighted by molar-refractivity contribution is 5.77. The first-order valence-electron chi connectivity index (χ1n) is 9.55. The second-order valence-corrected chi connectivity index (χ2v) is 7.23. The third-order valence-corrected chi connectivity index (χ3v) is 5.37. The molecule has 0 unspecified atom stereocenters. The zero-order valence-corrected chi connectivity index (χ0v) is 15.6. The van der Waals surface area contributed by atoms with Crippen LogP contribution in [0.2, 0.25) is 0 Å². The van der Waals surface area contributed by atoms with E-state index < -0.39 is 0 Å². The molecular weight excluding hydrogens is 314 g/mol. The van der Waals surface area contributed by atoms with Crippen molar-refractivity contribution in [2.75, 3.05) is 57.4 Å². The molecule has 1 atom stereocenters. The molecule has 1 amide bonds. The van der Waals surface area contributed by atoms with Crippen molar-refractivity contribution >= 4 is 11.6 Å². The maximum absolute atomic E-state index is 12.6. The number of morpholine rings is 1. The van der Waals surface area contributed by atoms with Gasteiger partial charge < -0.3 is 14.5 Å². The van der Waals surface area contributed by atoms with Crippen molar-refractivity contribution < 1.29 is 9.53 Å². The molecule has 0 radical (unpaired) electrons. The molecule has 2 saturated heterocycles. The first-order chi connectivity index (χ1) is 12.1. The molecule has 3 rings (SSSR count). The van der Waals surface area contributed by atoms with Gasteiger partial charge in [0.25, 0.3) is 0 Å². The number of anilines is 1. The number of para-hydroxylation sites is 1. The fraction of sp³-hybridized carbons (Fsp3) is 0.650. The molecule has 0 aromatic heterocycles. The lowest BCUT2D eigenvalue weighted by molar-refractivity contribution is -0.133. The molecule has 0 spiro atoms. The Morgan fingerprint density at radius 1 is 1.16 bits per heavy atom. The number of benzene rings is 1. The van der Waals surface area contributed by atoms with Crippen LogP contribution in [0.4, 0.5) is 5.69 Å². The molecule has 138 valence electrons. The number of ether oxygens (including phenoxy) is 1. The van der Waals surface area contributed by atoms with Crippen LogP contribution in [0.25, 0.3) is 0 Å². The Balaban J connectivity index is 1.46. The number of aryl methyl sites for hydroxylation is 1. The Bertz CT molecular complexity index is 572. The van der Waals surface area contributed by atoms with Crippen LogP contribution in [0, 0.1) is 6.92 Å². The third kappa shape index (κ3) is 4.73. The molecule has 25 heavy (non-hydrogen) atoms. The number of amides is 1. The van der Waals surface area contributed by atoms with E-state index in [1.165, 1.54) is 11.3 Å². The third-order valence-electron chi connectivity index (χ3n) is 5.37. The van der Waals surface area contributed by atoms with Crippen LogP contribution in [-0.4, -0.2) is 74.2 Å². The van der Waals surface area contributed by atoms with E-state index in [-0.39, 0.29) is 6.04 Å². The van der Waals surface area contributed by atoms with Crippen molar-refractivity contribution in [3.8, 4) is 0 Å². The van der Waals surface area contributed by atoms with Gasteiger partial charge in [-0.2, -0.15) is 0 Å². The van der Waals surface area contributed by atoms with Crippen molar-refractivity contribution in [3.63, 3.8) is 0 Å². The summed E-state index contributed by atoms with van der Waals surface area (Å²) >= 11 is 0. The molecule has 2 heterocycles. The molecule has 1 aromatic rings. The van der Waals surface area contributed by atoms with Crippen LogP contribution in [0.3, 0.4) is 0 Å². The summed E-state index contributed by atoms with van der Waals surface area (Å²) in [6.45, 7) is 11.6. The van der Waals surface area contributed by atoms with E-state index in [4.69, 9.17) is 4.74 Å². The topological polar surface area (TPSA) is 36.0 Å². The lowest BCUT2D eigenvalue weighted by Crippen LogP contribution is -2.54. The van der Waals surface area contributed by atoms with Gasteiger partial charge in [0.15, 0.2) is 0 Å². The Morgan fingerprint density at radius 2 is 1.92 bits per heavy atom. The van der Waals surface area contributed by atoms with Gasteiger partial charge >= 0.3 is 0 Å². The number of rotatable bonds is 5. The van der Waals surface area contributed by atoms with Gasteiger partial charge in [0.05, 0.1) is 13.2 Å². The Kier molecular flexibility index (Phi) is 6.32. The molecule has 2 aliphatic rings. The lowest BCUT2D eigenvalue weighted by Gasteiger charge is -2.41. The minimum Gasteiger partial charge on any atom is -0.379 e. The SMILES string of the molecule is Cc1ccccc1N1CCN(C(=O)CCCN2CCOCC2)[C@H](C)C1. The van der Waals surface area contributed by atoms with E-state index in [1.54, 1.807) is 0 Å². The van der Waals surface area contributed by atoms with E-state index in [0.717, 1.165) is 58.9 Å². The summed E-state index contributed by atoms with van der Waals surface area (Å²) in [5, 5.41) is 0. The maximum Gasteiger partial charge on any atom is 0.222 e. The Labute approximate surface area is 151 Å². The molecule has 2 aliphatic heterocycles. The molecule has 5 heteroatoms. The van der Waals surface area contributed by atoms with Crippen LogP contribution in [0.5, 0.6) is 0 Å². The van der Waals surface area contributed by atoms with Gasteiger partial charge in [-0.25, -0.2) is 0 Å². The largest absolute Gasteiger partial charge is 0.379 e. The van der Waals surface area contributed by atoms with Gasteiger partial charge in [0.1, 0.15) is 0 Å². The van der Waals surface area contributed by atoms with Crippen molar-refractivity contribution in [1.29, 1.82) is 0 Å². The smallest absolute Gasteiger partial charge is 0.222 e. The number of carbonyl (C=O) groups excluding carboxylic acids is 1. The normalized spacial score (nSPS) is 22.2. The van der Waals surface area contributed by atoms with Gasteiger partial charge in [-0.15, -0.1) is 0 Å². The summed E-state index contributed by atoms with van der Waals surface area (Å²) in [4.78, 5) is 19.5. The number of nitrogens with zero attached hydrogens (tertiary/aromatic N) is 3. The zero-order chi connectivity index (χ0) is 17.6. The summed E-state index contributed by atoms with van der Waals surface area (Å²) in [7, 11) is 0. The van der Waals surface area contributed by atoms with Crippen molar-refractivity contribution in [1.82, 2.24) is 9.80 Å². The summed E-state index contributed by atoms with van der Waals surface area (Å²) < 4.78 is 5.37. The van der Waals surface area contributed by atoms with Crippen molar-refractivity contribution in [2.24, 2.45) is 0 Å². The van der Waals surface area contributed by atoms with Crippen molar-refractivity contribution in [2.45, 2.75) is 32.7 Å². The van der Waals surface area contributed by atoms with Crippen LogP contribution in [0.1, 0.15) is 25.3 Å². The summed E-state index contributed by atoms with van der Waals surface area (Å²) in [5.74, 6) is 0.310. The second kappa shape index (κ2) is 8.68. The highest BCUT2D eigenvalue weighted by Gasteiger charge is 2.27. The van der Waals surface area contributed by atoms with Gasteiger partial charge in [0.2, 0.25) is 5.91 Å². The lowest BCUT2D eigenvalue weighted by atomic mass is 10.1. The quantitative estimate of drug-likeness (QED) is 0.819. The standard InChI is InChI=1S/C20H31N3O2/c1-17-6-3-4-7-19(17)22-10-11-23(18(2)16-22)20(24)8-5-9-21-12-14-25-15-13-21/h3-4,6-7,18H,5,8-16H2,1-2H3/t18-/m1/s1. The summed E-state index contributed by atoms with van der Waals surface area (Å²) in [6.07, 6.45) is 1.61. The summed E-state index contributed by atoms with van der Waals surface area (Å²) in [6, 6.07) is 8.78. The van der Waals surface area contributed by atoms with E-state index in [2.05, 4.69) is 52.8 Å². The molecule has 0 saturated carbocycles. The second-order valence-electron chi connectivity index (χ2n) is 7.23. The highest BCUT2D eigenvalue weighted by atomic mass is 16.5. The van der Waals surface area contributed by atoms with E-state index in [9.17, 15) is 4.79 Å². The average molecular weight is 345 g/mol. The molecule has 0 bridgehead atoms. The predicted octanol–water partition coefficient (Wildman–Crippen LogP) is 2.14. The van der Waals surface area contributed by atoms with Gasteiger partial charge in [-0.05, 0) is 38.4 Å². The van der Waals surface area contributed by atoms with Crippen LogP contribution >= 0.6 is 0 Å². The Hall–Kier alpha value is -1.59. The van der Waals surface area contributed by atoms with Gasteiger partial charge in [0, 0.05) is 50.9 Å². The fourth-order valence-electron chi connectivity index (χ4n) is 3.89. The summed E-state index contributed by atoms with van der Waals surface area (Å²) in [5.41, 5.74) is 2.61. The van der Waals surface area contributed by atoms with E-state index >= 15 is 0 Å². The van der Waals surface area contributed by atoms with E-state index in [0.29, 0.717) is 12.3 Å². The fourth-order valence-corrected chi connectivity index (χ4v) is 3.89. The average Bonchev–Trinajstić information content (AvgIpc) is 2.63. The first kappa shape index (κ1) is 18.2. The molecule has 5 nitrogen and oxygen atoms in total. The first-order valence-corrected chi connectivity index (χ1v) is 9.55. The Morgan fingerprint density at radius 3 is 2.64 bits per heavy atom. The zero-order valence-electron chi connectivity index (χ0n) is 15.6. The van der Waals surface area contributed by atoms with E-state index in [1.807, 2.05) is 0 Å². The number of hydrogen-bond donors (Lipinski definition) is 0. The van der Waals surface area contributed by atoms with Crippen LogP contribution in [0.15, 0.2) is 24.3 Å². The van der Waals surface area contributed by atoms with Crippen LogP contribution < -0.4 is 4.90 Å². The number of piperazine rings is 1. The van der Waals surface area contributed by atoms with Gasteiger partial charge in [-0.1, -0.05) is 18.2 Å². The molecule has 2 fully saturated rings. The monoisotopic (exact) mass is 345 g/mol. The number of carbonyl (C=O) groups is 1. The van der Waals surface area contributed by atoms with Gasteiger partial charge in [-0.3, -0.25) is 9.69 Å². The molecule has 1 aromatic carbocycles. The predicted molar refractivity (Wildman–Crippen MR) is 101 cm³/mol. The highest BCUT2D eigenvalue weighted by Crippen LogP contribution is 2.23. The minimum atomic E-state index is 0.268. The molecular formula is C20H31N3O2. The molecule has 0 N–H and O–H groups in total. The van der Waals surface area contributed by atoms with Crippen LogP contribution in [-0.2, 0) is 9.53 Å². The minimum absolute atomic E-state index is 0.268. The van der Waals surface area contributed by atoms with Crippen molar-refractivity contribution in [3.05, 3.63) is 29.8 Å². The number of hydrogen-bond acceptors (Lipinski definition) is 4. The molecule has 0 aliphatic carbocycles. The maximum atomic E-state index is 12.6.